The zero-order chi connectivity index (χ0) is 15.5. The first kappa shape index (κ1) is 15.5. The summed E-state index contributed by atoms with van der Waals surface area (Å²) >= 11 is 0. The molecule has 0 saturated heterocycles. The lowest BCUT2D eigenvalue weighted by Gasteiger charge is -2.11. The first-order valence-electron chi connectivity index (χ1n) is 6.60. The second-order valence-electron chi connectivity index (χ2n) is 4.61. The monoisotopic (exact) mass is 309 g/mol. The van der Waals surface area contributed by atoms with Crippen LogP contribution in [0.15, 0.2) is 29.6 Å². The zero-order valence-electron chi connectivity index (χ0n) is 12.3. The molecule has 0 unspecified atom stereocenters. The number of anilines is 1. The van der Waals surface area contributed by atoms with Gasteiger partial charge in [0.15, 0.2) is 0 Å². The van der Waals surface area contributed by atoms with Gasteiger partial charge in [-0.05, 0) is 19.9 Å². The van der Waals surface area contributed by atoms with E-state index in [1.807, 2.05) is 20.9 Å². The number of aromatic nitrogens is 3. The van der Waals surface area contributed by atoms with Gasteiger partial charge in [-0.3, -0.25) is 9.67 Å². The Balaban J connectivity index is 2.21. The highest BCUT2D eigenvalue weighted by Crippen LogP contribution is 2.19. The standard InChI is InChI=1S/C13H19N5O2S/c1-4-15-12-5-6-14-9-13(12)21(19,20)17-8-11-7-16-18(3)10(11)2/h5-7,9,17H,4,8H2,1-3H3,(H,14,15). The highest BCUT2D eigenvalue weighted by Gasteiger charge is 2.19. The third kappa shape index (κ3) is 3.40. The number of pyridine rings is 1. The number of hydrogen-bond acceptors (Lipinski definition) is 5. The van der Waals surface area contributed by atoms with Gasteiger partial charge in [0, 0.05) is 43.8 Å². The lowest BCUT2D eigenvalue weighted by molar-refractivity contribution is 0.581. The van der Waals surface area contributed by atoms with Crippen LogP contribution in [-0.4, -0.2) is 29.7 Å². The minimum absolute atomic E-state index is 0.147. The van der Waals surface area contributed by atoms with Crippen LogP contribution in [0.1, 0.15) is 18.2 Å². The van der Waals surface area contributed by atoms with Crippen molar-refractivity contribution in [1.82, 2.24) is 19.5 Å². The Bertz CT molecular complexity index is 724. The molecule has 7 nitrogen and oxygen atoms in total. The Morgan fingerprint density at radius 1 is 1.33 bits per heavy atom. The fourth-order valence-corrected chi connectivity index (χ4v) is 3.03. The molecule has 0 amide bonds. The van der Waals surface area contributed by atoms with Crippen LogP contribution >= 0.6 is 0 Å². The summed E-state index contributed by atoms with van der Waals surface area (Å²) in [5.74, 6) is 0. The van der Waals surface area contributed by atoms with Gasteiger partial charge in [-0.2, -0.15) is 5.10 Å². The normalized spacial score (nSPS) is 11.6. The van der Waals surface area contributed by atoms with Gasteiger partial charge in [0.2, 0.25) is 10.0 Å². The fraction of sp³-hybridized carbons (Fsp3) is 0.385. The maximum atomic E-state index is 12.4. The van der Waals surface area contributed by atoms with Crippen LogP contribution in [0.2, 0.25) is 0 Å². The molecule has 2 heterocycles. The van der Waals surface area contributed by atoms with E-state index in [0.717, 1.165) is 11.3 Å². The van der Waals surface area contributed by atoms with E-state index in [1.54, 1.807) is 23.1 Å². The van der Waals surface area contributed by atoms with Crippen molar-refractivity contribution in [3.05, 3.63) is 35.9 Å². The molecule has 0 radical (unpaired) electrons. The molecule has 0 aliphatic rings. The van der Waals surface area contributed by atoms with Crippen molar-refractivity contribution >= 4 is 15.7 Å². The molecule has 8 heteroatoms. The van der Waals surface area contributed by atoms with Gasteiger partial charge in [-0.1, -0.05) is 0 Å². The Morgan fingerprint density at radius 3 is 2.71 bits per heavy atom. The van der Waals surface area contributed by atoms with E-state index < -0.39 is 10.0 Å². The molecule has 0 aliphatic heterocycles. The smallest absolute Gasteiger partial charge is 0.244 e. The Kier molecular flexibility index (Phi) is 4.59. The maximum Gasteiger partial charge on any atom is 0.244 e. The first-order chi connectivity index (χ1) is 9.95. The molecule has 2 N–H and O–H groups in total. The van der Waals surface area contributed by atoms with Crippen molar-refractivity contribution in [3.63, 3.8) is 0 Å². The molecule has 0 aromatic carbocycles. The molecular weight excluding hydrogens is 290 g/mol. The van der Waals surface area contributed by atoms with Crippen molar-refractivity contribution in [2.24, 2.45) is 7.05 Å². The second kappa shape index (κ2) is 6.23. The molecule has 0 saturated carbocycles. The van der Waals surface area contributed by atoms with Crippen LogP contribution < -0.4 is 10.0 Å². The number of sulfonamides is 1. The summed E-state index contributed by atoms with van der Waals surface area (Å²) in [4.78, 5) is 4.04. The Morgan fingerprint density at radius 2 is 2.10 bits per heavy atom. The molecule has 2 aromatic heterocycles. The molecular formula is C13H19N5O2S. The molecule has 0 spiro atoms. The SMILES string of the molecule is CCNc1ccncc1S(=O)(=O)NCc1cnn(C)c1C. The van der Waals surface area contributed by atoms with Crippen LogP contribution in [-0.2, 0) is 23.6 Å². The van der Waals surface area contributed by atoms with E-state index in [1.165, 1.54) is 6.20 Å². The summed E-state index contributed by atoms with van der Waals surface area (Å²) < 4.78 is 29.1. The second-order valence-corrected chi connectivity index (χ2v) is 6.34. The molecule has 2 rings (SSSR count). The van der Waals surface area contributed by atoms with E-state index in [9.17, 15) is 8.42 Å². The average molecular weight is 309 g/mol. The molecule has 114 valence electrons. The van der Waals surface area contributed by atoms with Crippen LogP contribution in [0.4, 0.5) is 5.69 Å². The average Bonchev–Trinajstić information content (AvgIpc) is 2.78. The van der Waals surface area contributed by atoms with Crippen molar-refractivity contribution in [1.29, 1.82) is 0 Å². The third-order valence-electron chi connectivity index (χ3n) is 3.23. The van der Waals surface area contributed by atoms with E-state index >= 15 is 0 Å². The molecule has 0 atom stereocenters. The predicted molar refractivity (Wildman–Crippen MR) is 80.4 cm³/mol. The van der Waals surface area contributed by atoms with Gasteiger partial charge in [0.1, 0.15) is 4.90 Å². The maximum absolute atomic E-state index is 12.4. The molecule has 0 bridgehead atoms. The van der Waals surface area contributed by atoms with E-state index in [-0.39, 0.29) is 11.4 Å². The van der Waals surface area contributed by atoms with Gasteiger partial charge in [-0.15, -0.1) is 0 Å². The Hall–Kier alpha value is -1.93. The topological polar surface area (TPSA) is 88.9 Å². The summed E-state index contributed by atoms with van der Waals surface area (Å²) in [6, 6.07) is 1.65. The third-order valence-corrected chi connectivity index (χ3v) is 4.66. The number of aryl methyl sites for hydroxylation is 1. The van der Waals surface area contributed by atoms with Gasteiger partial charge < -0.3 is 5.32 Å². The zero-order valence-corrected chi connectivity index (χ0v) is 13.1. The lowest BCUT2D eigenvalue weighted by atomic mass is 10.3. The quantitative estimate of drug-likeness (QED) is 0.832. The number of nitrogens with zero attached hydrogens (tertiary/aromatic N) is 3. The molecule has 21 heavy (non-hydrogen) atoms. The lowest BCUT2D eigenvalue weighted by Crippen LogP contribution is -2.24. The van der Waals surface area contributed by atoms with E-state index in [4.69, 9.17) is 0 Å². The highest BCUT2D eigenvalue weighted by atomic mass is 32.2. The summed E-state index contributed by atoms with van der Waals surface area (Å²) in [5, 5.41) is 7.11. The van der Waals surface area contributed by atoms with Crippen molar-refractivity contribution in [2.75, 3.05) is 11.9 Å². The van der Waals surface area contributed by atoms with E-state index in [2.05, 4.69) is 20.1 Å². The number of rotatable bonds is 6. The van der Waals surface area contributed by atoms with Crippen LogP contribution in [0.5, 0.6) is 0 Å². The summed E-state index contributed by atoms with van der Waals surface area (Å²) in [6.07, 6.45) is 4.56. The van der Waals surface area contributed by atoms with Crippen LogP contribution in [0.25, 0.3) is 0 Å². The summed E-state index contributed by atoms with van der Waals surface area (Å²) in [7, 11) is -1.81. The first-order valence-corrected chi connectivity index (χ1v) is 8.09. The van der Waals surface area contributed by atoms with Gasteiger partial charge >= 0.3 is 0 Å². The van der Waals surface area contributed by atoms with E-state index in [0.29, 0.717) is 12.2 Å². The molecule has 0 fully saturated rings. The predicted octanol–water partition coefficient (Wildman–Crippen LogP) is 1.03. The molecule has 0 aliphatic carbocycles. The van der Waals surface area contributed by atoms with Crippen molar-refractivity contribution in [2.45, 2.75) is 25.3 Å². The Labute approximate surface area is 124 Å². The molecule has 2 aromatic rings. The summed E-state index contributed by atoms with van der Waals surface area (Å²) in [6.45, 7) is 4.63. The highest BCUT2D eigenvalue weighted by molar-refractivity contribution is 7.89. The van der Waals surface area contributed by atoms with Crippen LogP contribution in [0.3, 0.4) is 0 Å². The summed E-state index contributed by atoms with van der Waals surface area (Å²) in [5.41, 5.74) is 2.31. The number of hydrogen-bond donors (Lipinski definition) is 2. The van der Waals surface area contributed by atoms with Gasteiger partial charge in [-0.25, -0.2) is 13.1 Å². The minimum Gasteiger partial charge on any atom is -0.384 e. The van der Waals surface area contributed by atoms with Crippen LogP contribution in [0, 0.1) is 6.92 Å². The largest absolute Gasteiger partial charge is 0.384 e. The van der Waals surface area contributed by atoms with Crippen molar-refractivity contribution in [3.8, 4) is 0 Å². The van der Waals surface area contributed by atoms with Gasteiger partial charge in [0.05, 0.1) is 11.9 Å². The fourth-order valence-electron chi connectivity index (χ4n) is 1.90. The minimum atomic E-state index is -3.63. The number of nitrogens with one attached hydrogen (secondary N) is 2. The van der Waals surface area contributed by atoms with Crippen molar-refractivity contribution < 1.29 is 8.42 Å². The van der Waals surface area contributed by atoms with Gasteiger partial charge in [0.25, 0.3) is 0 Å².